The molecular formula is C21H31F2N3O5S. The number of nitrogens with one attached hydrogen (secondary N) is 2. The van der Waals surface area contributed by atoms with Crippen molar-refractivity contribution in [3.63, 3.8) is 0 Å². The van der Waals surface area contributed by atoms with Crippen molar-refractivity contribution in [2.45, 2.75) is 49.9 Å². The second kappa shape index (κ2) is 12.2. The number of hydrogen-bond donors (Lipinski definition) is 2. The molecule has 8 nitrogen and oxygen atoms in total. The molecule has 1 fully saturated rings. The minimum absolute atomic E-state index is 0.0255. The molecule has 0 radical (unpaired) electrons. The van der Waals surface area contributed by atoms with E-state index in [-0.39, 0.29) is 30.4 Å². The van der Waals surface area contributed by atoms with E-state index in [0.29, 0.717) is 44.8 Å². The highest BCUT2D eigenvalue weighted by Crippen LogP contribution is 2.21. The maximum Gasteiger partial charge on any atom is 0.341 e. The summed E-state index contributed by atoms with van der Waals surface area (Å²) in [6, 6.07) is 4.62. The van der Waals surface area contributed by atoms with Gasteiger partial charge in [0.15, 0.2) is 0 Å². The number of carbonyl (C=O) groups is 2. The average Bonchev–Trinajstić information content (AvgIpc) is 2.74. The summed E-state index contributed by atoms with van der Waals surface area (Å²) in [5.74, 6) is -3.85. The lowest BCUT2D eigenvalue weighted by Gasteiger charge is -2.30. The summed E-state index contributed by atoms with van der Waals surface area (Å²) >= 11 is 0. The van der Waals surface area contributed by atoms with Gasteiger partial charge in [-0.05, 0) is 70.5 Å². The highest BCUT2D eigenvalue weighted by Gasteiger charge is 2.27. The minimum atomic E-state index is -4.66. The van der Waals surface area contributed by atoms with E-state index >= 15 is 0 Å². The number of halogens is 2. The lowest BCUT2D eigenvalue weighted by Crippen LogP contribution is -2.43. The number of anilines is 1. The number of carbonyl (C=O) groups excluding carboxylic acids is 2. The maximum atomic E-state index is 12.6. The number of benzene rings is 1. The number of nitrogens with zero attached hydrogens (tertiary/aromatic N) is 1. The van der Waals surface area contributed by atoms with E-state index in [4.69, 9.17) is 4.74 Å². The van der Waals surface area contributed by atoms with Crippen LogP contribution in [0, 0.1) is 5.92 Å². The number of ether oxygens (including phenoxy) is 1. The first-order chi connectivity index (χ1) is 15.1. The summed E-state index contributed by atoms with van der Waals surface area (Å²) in [6.07, 6.45) is 2.25. The molecule has 32 heavy (non-hydrogen) atoms. The van der Waals surface area contributed by atoms with Gasteiger partial charge in [-0.15, -0.1) is 0 Å². The first-order valence-corrected chi connectivity index (χ1v) is 12.2. The van der Waals surface area contributed by atoms with Crippen LogP contribution in [0.2, 0.25) is 0 Å². The Labute approximate surface area is 187 Å². The Hall–Kier alpha value is -2.11. The van der Waals surface area contributed by atoms with Crippen molar-refractivity contribution in [3.8, 4) is 0 Å². The molecule has 0 saturated carbocycles. The van der Waals surface area contributed by atoms with Gasteiger partial charge >= 0.3 is 5.76 Å². The number of alkyl halides is 2. The molecule has 1 aliphatic heterocycles. The third kappa shape index (κ3) is 8.10. The number of likely N-dealkylation sites (tertiary alicyclic amines) is 1. The first kappa shape index (κ1) is 26.1. The second-order valence-corrected chi connectivity index (χ2v) is 9.91. The van der Waals surface area contributed by atoms with Gasteiger partial charge < -0.3 is 15.4 Å². The number of hydrogen-bond acceptors (Lipinski definition) is 6. The molecule has 1 aliphatic rings. The molecule has 1 aromatic rings. The van der Waals surface area contributed by atoms with Crippen molar-refractivity contribution in [2.24, 2.45) is 5.92 Å². The third-order valence-electron chi connectivity index (χ3n) is 5.10. The fraction of sp³-hybridized carbons (Fsp3) is 0.619. The van der Waals surface area contributed by atoms with Crippen LogP contribution in [0.3, 0.4) is 0 Å². The van der Waals surface area contributed by atoms with E-state index in [1.54, 1.807) is 0 Å². The Morgan fingerprint density at radius 3 is 2.34 bits per heavy atom. The number of amides is 2. The van der Waals surface area contributed by atoms with Crippen molar-refractivity contribution in [3.05, 3.63) is 24.3 Å². The largest absolute Gasteiger partial charge is 0.379 e. The Kier molecular flexibility index (Phi) is 9.98. The maximum absolute atomic E-state index is 12.6. The molecule has 2 N–H and O–H groups in total. The standard InChI is InChI=1S/C21H31F2N3O5S/c1-15(2)31-13-3-10-24-20(28)16-8-11-26(12-9-16)14-19(27)25-17-4-6-18(7-5-17)32(29,30)21(22)23/h4-7,15-16,21H,3,8-14H2,1-2H3,(H,24,28)(H,25,27). The summed E-state index contributed by atoms with van der Waals surface area (Å²) in [5, 5.41) is 5.55. The van der Waals surface area contributed by atoms with Gasteiger partial charge in [0.25, 0.3) is 0 Å². The molecule has 1 saturated heterocycles. The van der Waals surface area contributed by atoms with Gasteiger partial charge in [0, 0.05) is 24.8 Å². The Balaban J connectivity index is 1.71. The summed E-state index contributed by atoms with van der Waals surface area (Å²) in [5.41, 5.74) is 0.318. The van der Waals surface area contributed by atoms with Gasteiger partial charge in [0.2, 0.25) is 21.7 Å². The van der Waals surface area contributed by atoms with Crippen LogP contribution < -0.4 is 10.6 Å². The molecule has 0 bridgehead atoms. The summed E-state index contributed by atoms with van der Waals surface area (Å²) < 4.78 is 53.5. The predicted molar refractivity (Wildman–Crippen MR) is 116 cm³/mol. The molecule has 1 heterocycles. The molecule has 0 unspecified atom stereocenters. The van der Waals surface area contributed by atoms with E-state index in [0.717, 1.165) is 18.6 Å². The van der Waals surface area contributed by atoms with Gasteiger partial charge in [-0.1, -0.05) is 0 Å². The highest BCUT2D eigenvalue weighted by atomic mass is 32.2. The predicted octanol–water partition coefficient (Wildman–Crippen LogP) is 2.26. The molecule has 2 rings (SSSR count). The van der Waals surface area contributed by atoms with Crippen LogP contribution in [0.1, 0.15) is 33.1 Å². The SMILES string of the molecule is CC(C)OCCCNC(=O)C1CCN(CC(=O)Nc2ccc(S(=O)(=O)C(F)F)cc2)CC1. The quantitative estimate of drug-likeness (QED) is 0.476. The van der Waals surface area contributed by atoms with E-state index in [9.17, 15) is 26.8 Å². The lowest BCUT2D eigenvalue weighted by molar-refractivity contribution is -0.126. The molecule has 0 spiro atoms. The smallest absolute Gasteiger partial charge is 0.341 e. The van der Waals surface area contributed by atoms with Crippen molar-refractivity contribution in [1.82, 2.24) is 10.2 Å². The normalized spacial score (nSPS) is 15.8. The molecule has 2 amide bonds. The summed E-state index contributed by atoms with van der Waals surface area (Å²) in [7, 11) is -4.66. The Morgan fingerprint density at radius 1 is 1.16 bits per heavy atom. The zero-order valence-electron chi connectivity index (χ0n) is 18.4. The summed E-state index contributed by atoms with van der Waals surface area (Å²) in [4.78, 5) is 26.0. The average molecular weight is 476 g/mol. The second-order valence-electron chi connectivity index (χ2n) is 7.99. The number of sulfone groups is 1. The van der Waals surface area contributed by atoms with Crippen LogP contribution in [0.4, 0.5) is 14.5 Å². The molecule has 11 heteroatoms. The summed E-state index contributed by atoms with van der Waals surface area (Å²) in [6.45, 7) is 6.44. The van der Waals surface area contributed by atoms with Crippen LogP contribution in [-0.2, 0) is 24.2 Å². The van der Waals surface area contributed by atoms with Gasteiger partial charge in [0.05, 0.1) is 17.5 Å². The van der Waals surface area contributed by atoms with Crippen LogP contribution >= 0.6 is 0 Å². The fourth-order valence-corrected chi connectivity index (χ4v) is 4.06. The van der Waals surface area contributed by atoms with Crippen molar-refractivity contribution < 1.29 is 31.5 Å². The van der Waals surface area contributed by atoms with Crippen molar-refractivity contribution >= 4 is 27.3 Å². The van der Waals surface area contributed by atoms with E-state index < -0.39 is 20.5 Å². The molecule has 1 aromatic carbocycles. The Bertz CT molecular complexity index is 855. The molecular weight excluding hydrogens is 444 g/mol. The Morgan fingerprint density at radius 2 is 1.78 bits per heavy atom. The van der Waals surface area contributed by atoms with Crippen molar-refractivity contribution in [2.75, 3.05) is 38.1 Å². The van der Waals surface area contributed by atoms with Crippen LogP contribution in [0.15, 0.2) is 29.2 Å². The minimum Gasteiger partial charge on any atom is -0.379 e. The lowest BCUT2D eigenvalue weighted by atomic mass is 9.96. The number of rotatable bonds is 11. The van der Waals surface area contributed by atoms with Gasteiger partial charge in [-0.3, -0.25) is 14.5 Å². The highest BCUT2D eigenvalue weighted by molar-refractivity contribution is 7.91. The van der Waals surface area contributed by atoms with E-state index in [1.807, 2.05) is 18.7 Å². The molecule has 180 valence electrons. The van der Waals surface area contributed by atoms with Crippen LogP contribution in [-0.4, -0.2) is 69.8 Å². The zero-order chi connectivity index (χ0) is 23.7. The molecule has 0 aromatic heterocycles. The zero-order valence-corrected chi connectivity index (χ0v) is 19.2. The first-order valence-electron chi connectivity index (χ1n) is 10.6. The monoisotopic (exact) mass is 475 g/mol. The van der Waals surface area contributed by atoms with E-state index in [1.165, 1.54) is 12.1 Å². The van der Waals surface area contributed by atoms with Gasteiger partial charge in [0.1, 0.15) is 0 Å². The van der Waals surface area contributed by atoms with Crippen molar-refractivity contribution in [1.29, 1.82) is 0 Å². The molecule has 0 aliphatic carbocycles. The van der Waals surface area contributed by atoms with Gasteiger partial charge in [-0.25, -0.2) is 8.42 Å². The van der Waals surface area contributed by atoms with Crippen LogP contribution in [0.5, 0.6) is 0 Å². The number of piperidine rings is 1. The molecule has 0 atom stereocenters. The van der Waals surface area contributed by atoms with Crippen LogP contribution in [0.25, 0.3) is 0 Å². The van der Waals surface area contributed by atoms with Gasteiger partial charge in [-0.2, -0.15) is 8.78 Å². The fourth-order valence-electron chi connectivity index (χ4n) is 3.33. The third-order valence-corrected chi connectivity index (χ3v) is 6.50. The van der Waals surface area contributed by atoms with E-state index in [2.05, 4.69) is 10.6 Å². The topological polar surface area (TPSA) is 105 Å².